The number of nitrogens with one attached hydrogen (secondary N) is 2. The van der Waals surface area contributed by atoms with Crippen LogP contribution in [0.4, 0.5) is 0 Å². The quantitative estimate of drug-likeness (QED) is 0.864. The van der Waals surface area contributed by atoms with Gasteiger partial charge in [-0.2, -0.15) is 0 Å². The first-order valence-electron chi connectivity index (χ1n) is 6.97. The highest BCUT2D eigenvalue weighted by Crippen LogP contribution is 2.12. The molecule has 0 radical (unpaired) electrons. The fourth-order valence-corrected chi connectivity index (χ4v) is 2.54. The molecule has 0 aliphatic carbocycles. The van der Waals surface area contributed by atoms with Gasteiger partial charge in [0.15, 0.2) is 0 Å². The number of aromatic nitrogens is 2. The maximum absolute atomic E-state index is 12.3. The number of carbonyl (C=O) groups excluding carboxylic acids is 1. The molecule has 2 aromatic rings. The van der Waals surface area contributed by atoms with Crippen molar-refractivity contribution in [1.29, 1.82) is 0 Å². The molecule has 20 heavy (non-hydrogen) atoms. The summed E-state index contributed by atoms with van der Waals surface area (Å²) < 4.78 is 0. The molecule has 1 aliphatic rings. The van der Waals surface area contributed by atoms with Gasteiger partial charge in [0.2, 0.25) is 0 Å². The molecule has 104 valence electrons. The van der Waals surface area contributed by atoms with Crippen molar-refractivity contribution in [3.63, 3.8) is 0 Å². The van der Waals surface area contributed by atoms with Crippen LogP contribution in [0, 0.1) is 5.92 Å². The molecule has 2 N–H and O–H groups in total. The van der Waals surface area contributed by atoms with Crippen molar-refractivity contribution in [2.45, 2.75) is 19.4 Å². The number of hydrogen-bond donors (Lipinski definition) is 2. The van der Waals surface area contributed by atoms with Crippen LogP contribution in [0.5, 0.6) is 0 Å². The van der Waals surface area contributed by atoms with E-state index >= 15 is 0 Å². The number of benzene rings is 1. The maximum atomic E-state index is 12.3. The van der Waals surface area contributed by atoms with Crippen LogP contribution < -0.4 is 10.6 Å². The first-order chi connectivity index (χ1) is 9.74. The number of piperidine rings is 1. The number of amides is 1. The Morgan fingerprint density at radius 3 is 2.95 bits per heavy atom. The first-order valence-corrected chi connectivity index (χ1v) is 6.97. The minimum atomic E-state index is -0.137. The van der Waals surface area contributed by atoms with Gasteiger partial charge in [-0.15, -0.1) is 0 Å². The molecule has 3 rings (SSSR count). The van der Waals surface area contributed by atoms with Gasteiger partial charge in [-0.05, 0) is 37.6 Å². The van der Waals surface area contributed by atoms with Gasteiger partial charge in [0, 0.05) is 6.04 Å². The lowest BCUT2D eigenvalue weighted by Crippen LogP contribution is -2.48. The fraction of sp³-hybridized carbons (Fsp3) is 0.400. The molecular formula is C15H18N4O. The van der Waals surface area contributed by atoms with Crippen LogP contribution in [0.3, 0.4) is 0 Å². The lowest BCUT2D eigenvalue weighted by molar-refractivity contribution is 0.0909. The van der Waals surface area contributed by atoms with Gasteiger partial charge in [0.05, 0.1) is 17.2 Å². The van der Waals surface area contributed by atoms with E-state index in [1.165, 1.54) is 0 Å². The molecule has 1 amide bonds. The van der Waals surface area contributed by atoms with Crippen LogP contribution in [-0.4, -0.2) is 35.0 Å². The Bertz CT molecular complexity index is 628. The van der Waals surface area contributed by atoms with Crippen LogP contribution >= 0.6 is 0 Å². The van der Waals surface area contributed by atoms with E-state index in [4.69, 9.17) is 0 Å². The van der Waals surface area contributed by atoms with Crippen molar-refractivity contribution in [2.75, 3.05) is 13.1 Å². The summed E-state index contributed by atoms with van der Waals surface area (Å²) >= 11 is 0. The van der Waals surface area contributed by atoms with Crippen LogP contribution in [-0.2, 0) is 0 Å². The minimum Gasteiger partial charge on any atom is -0.348 e. The van der Waals surface area contributed by atoms with Crippen molar-refractivity contribution in [1.82, 2.24) is 20.6 Å². The molecular weight excluding hydrogens is 252 g/mol. The van der Waals surface area contributed by atoms with E-state index in [1.807, 2.05) is 24.3 Å². The number of fused-ring (bicyclic) bond motifs is 1. The van der Waals surface area contributed by atoms with Crippen LogP contribution in [0.15, 0.2) is 30.5 Å². The summed E-state index contributed by atoms with van der Waals surface area (Å²) in [7, 11) is 0. The summed E-state index contributed by atoms with van der Waals surface area (Å²) in [6.45, 7) is 4.02. The molecule has 0 spiro atoms. The van der Waals surface area contributed by atoms with Gasteiger partial charge in [0.1, 0.15) is 5.69 Å². The molecule has 2 heterocycles. The third-order valence-electron chi connectivity index (χ3n) is 3.78. The van der Waals surface area contributed by atoms with Crippen molar-refractivity contribution in [3.05, 3.63) is 36.2 Å². The lowest BCUT2D eigenvalue weighted by atomic mass is 9.95. The third-order valence-corrected chi connectivity index (χ3v) is 3.78. The average Bonchev–Trinajstić information content (AvgIpc) is 2.49. The standard InChI is InChI=1S/C15H18N4O/c1-10-8-16-7-6-11(10)19-15(20)14-9-17-12-4-2-3-5-13(12)18-14/h2-5,9-11,16H,6-8H2,1H3,(H,19,20). The highest BCUT2D eigenvalue weighted by atomic mass is 16.1. The number of para-hydroxylation sites is 2. The monoisotopic (exact) mass is 270 g/mol. The SMILES string of the molecule is CC1CNCCC1NC(=O)c1cnc2ccccc2n1. The Morgan fingerprint density at radius 1 is 1.35 bits per heavy atom. The predicted molar refractivity (Wildman–Crippen MR) is 77.4 cm³/mol. The molecule has 2 unspecified atom stereocenters. The second-order valence-corrected chi connectivity index (χ2v) is 5.29. The number of carbonyl (C=O) groups is 1. The zero-order valence-electron chi connectivity index (χ0n) is 11.5. The summed E-state index contributed by atoms with van der Waals surface area (Å²) in [5.74, 6) is 0.295. The molecule has 5 nitrogen and oxygen atoms in total. The molecule has 1 aromatic carbocycles. The normalized spacial score (nSPS) is 22.6. The molecule has 0 saturated carbocycles. The summed E-state index contributed by atoms with van der Waals surface area (Å²) in [6.07, 6.45) is 2.50. The Kier molecular flexibility index (Phi) is 3.60. The van der Waals surface area contributed by atoms with Crippen LogP contribution in [0.25, 0.3) is 11.0 Å². The highest BCUT2D eigenvalue weighted by molar-refractivity contribution is 5.93. The van der Waals surface area contributed by atoms with Gasteiger partial charge in [-0.25, -0.2) is 4.98 Å². The van der Waals surface area contributed by atoms with E-state index in [1.54, 1.807) is 6.20 Å². The smallest absolute Gasteiger partial charge is 0.271 e. The molecule has 0 bridgehead atoms. The summed E-state index contributed by atoms with van der Waals surface area (Å²) in [5, 5.41) is 6.39. The maximum Gasteiger partial charge on any atom is 0.271 e. The average molecular weight is 270 g/mol. The fourth-order valence-electron chi connectivity index (χ4n) is 2.54. The molecule has 1 saturated heterocycles. The van der Waals surface area contributed by atoms with E-state index in [9.17, 15) is 4.79 Å². The molecule has 1 fully saturated rings. The van der Waals surface area contributed by atoms with Crippen molar-refractivity contribution in [2.24, 2.45) is 5.92 Å². The molecule has 1 aliphatic heterocycles. The summed E-state index contributed by atoms with van der Waals surface area (Å²) in [5.41, 5.74) is 1.94. The minimum absolute atomic E-state index is 0.137. The second kappa shape index (κ2) is 5.54. The van der Waals surface area contributed by atoms with E-state index in [0.717, 1.165) is 30.5 Å². The zero-order valence-corrected chi connectivity index (χ0v) is 11.5. The number of nitrogens with zero attached hydrogens (tertiary/aromatic N) is 2. The molecule has 5 heteroatoms. The van der Waals surface area contributed by atoms with Crippen molar-refractivity contribution < 1.29 is 4.79 Å². The summed E-state index contributed by atoms with van der Waals surface area (Å²) in [4.78, 5) is 20.9. The van der Waals surface area contributed by atoms with Crippen molar-refractivity contribution in [3.8, 4) is 0 Å². The van der Waals surface area contributed by atoms with Gasteiger partial charge < -0.3 is 10.6 Å². The van der Waals surface area contributed by atoms with E-state index in [-0.39, 0.29) is 11.9 Å². The highest BCUT2D eigenvalue weighted by Gasteiger charge is 2.23. The number of hydrogen-bond acceptors (Lipinski definition) is 4. The Balaban J connectivity index is 1.78. The van der Waals surface area contributed by atoms with Crippen LogP contribution in [0.2, 0.25) is 0 Å². The van der Waals surface area contributed by atoms with Gasteiger partial charge >= 0.3 is 0 Å². The number of rotatable bonds is 2. The van der Waals surface area contributed by atoms with Gasteiger partial charge in [-0.3, -0.25) is 9.78 Å². The third kappa shape index (κ3) is 2.63. The molecule has 1 aromatic heterocycles. The largest absolute Gasteiger partial charge is 0.348 e. The second-order valence-electron chi connectivity index (χ2n) is 5.29. The Labute approximate surface area is 117 Å². The summed E-state index contributed by atoms with van der Waals surface area (Å²) in [6, 6.07) is 7.77. The van der Waals surface area contributed by atoms with Crippen LogP contribution in [0.1, 0.15) is 23.8 Å². The van der Waals surface area contributed by atoms with Gasteiger partial charge in [0.25, 0.3) is 5.91 Å². The molecule has 2 atom stereocenters. The Morgan fingerprint density at radius 2 is 2.15 bits per heavy atom. The Hall–Kier alpha value is -2.01. The van der Waals surface area contributed by atoms with E-state index in [0.29, 0.717) is 11.6 Å². The lowest BCUT2D eigenvalue weighted by Gasteiger charge is -2.30. The predicted octanol–water partition coefficient (Wildman–Crippen LogP) is 1.36. The van der Waals surface area contributed by atoms with Crippen molar-refractivity contribution >= 4 is 16.9 Å². The van der Waals surface area contributed by atoms with E-state index < -0.39 is 0 Å². The zero-order chi connectivity index (χ0) is 13.9. The first kappa shape index (κ1) is 13.0. The van der Waals surface area contributed by atoms with E-state index in [2.05, 4.69) is 27.5 Å². The topological polar surface area (TPSA) is 66.9 Å². The van der Waals surface area contributed by atoms with Gasteiger partial charge in [-0.1, -0.05) is 19.1 Å².